The number of hydrogen-bond acceptors (Lipinski definition) is 4. The fourth-order valence-electron chi connectivity index (χ4n) is 4.06. The Labute approximate surface area is 139 Å². The first kappa shape index (κ1) is 14.9. The summed E-state index contributed by atoms with van der Waals surface area (Å²) < 4.78 is 0. The quantitative estimate of drug-likeness (QED) is 0.366. The Morgan fingerprint density at radius 1 is 1.25 bits per heavy atom. The van der Waals surface area contributed by atoms with Crippen LogP contribution >= 0.6 is 0 Å². The number of imide groups is 1. The van der Waals surface area contributed by atoms with Gasteiger partial charge in [-0.3, -0.25) is 19.5 Å². The van der Waals surface area contributed by atoms with Crippen LogP contribution in [0.4, 0.5) is 5.82 Å². The van der Waals surface area contributed by atoms with E-state index in [0.29, 0.717) is 5.82 Å². The monoisotopic (exact) mass is 325 g/mol. The number of guanidine groups is 1. The summed E-state index contributed by atoms with van der Waals surface area (Å²) in [6.45, 7) is 0.556. The van der Waals surface area contributed by atoms with Gasteiger partial charge in [0.15, 0.2) is 5.96 Å². The second kappa shape index (κ2) is 5.74. The topological polar surface area (TPSA) is 101 Å². The van der Waals surface area contributed by atoms with Crippen molar-refractivity contribution in [2.45, 2.75) is 6.42 Å². The molecule has 3 aliphatic rings. The van der Waals surface area contributed by atoms with Gasteiger partial charge in [-0.25, -0.2) is 4.98 Å². The molecule has 7 nitrogen and oxygen atoms in total. The van der Waals surface area contributed by atoms with Crippen molar-refractivity contribution >= 4 is 23.6 Å². The summed E-state index contributed by atoms with van der Waals surface area (Å²) in [6.07, 6.45) is 6.78. The molecule has 1 aromatic rings. The third-order valence-corrected chi connectivity index (χ3v) is 5.09. The molecule has 0 spiro atoms. The average molecular weight is 325 g/mol. The van der Waals surface area contributed by atoms with Crippen molar-refractivity contribution in [2.75, 3.05) is 18.4 Å². The predicted molar refractivity (Wildman–Crippen MR) is 88.8 cm³/mol. The molecule has 3 N–H and O–H groups in total. The highest BCUT2D eigenvalue weighted by molar-refractivity contribution is 6.06. The molecule has 1 aromatic heterocycles. The fraction of sp³-hybridized carbons (Fsp3) is 0.412. The van der Waals surface area contributed by atoms with Gasteiger partial charge in [-0.1, -0.05) is 18.2 Å². The van der Waals surface area contributed by atoms with Crippen LogP contribution in [0.25, 0.3) is 0 Å². The van der Waals surface area contributed by atoms with E-state index in [0.717, 1.165) is 6.42 Å². The number of likely N-dealkylation sites (tertiary alicyclic amines) is 1. The number of rotatable bonds is 4. The second-order valence-corrected chi connectivity index (χ2v) is 6.43. The molecule has 4 atom stereocenters. The summed E-state index contributed by atoms with van der Waals surface area (Å²) in [4.78, 5) is 34.7. The van der Waals surface area contributed by atoms with Crippen LogP contribution in [-0.2, 0) is 9.59 Å². The highest BCUT2D eigenvalue weighted by Gasteiger charge is 2.58. The van der Waals surface area contributed by atoms with Crippen molar-refractivity contribution in [3.63, 3.8) is 0 Å². The van der Waals surface area contributed by atoms with Crippen LogP contribution in [-0.4, -0.2) is 40.7 Å². The number of carbonyl (C=O) groups is 2. The highest BCUT2D eigenvalue weighted by atomic mass is 16.2. The van der Waals surface area contributed by atoms with Gasteiger partial charge in [0, 0.05) is 12.7 Å². The number of anilines is 1. The zero-order valence-corrected chi connectivity index (χ0v) is 13.1. The number of aromatic nitrogens is 1. The smallest absolute Gasteiger partial charge is 0.233 e. The number of aliphatic imine (C=N–C) groups is 1. The standard InChI is InChI=1S/C17H19N5O2/c18-17(21-12-3-1-2-6-19-12)20-7-8-22-15(23)13-10-4-5-11(9-10)14(13)16(22)24/h1-6,10-11,13-14H,7-9H2,(H3,18,19,20,21). The molecular weight excluding hydrogens is 306 g/mol. The van der Waals surface area contributed by atoms with Crippen LogP contribution in [0.3, 0.4) is 0 Å². The molecule has 2 bridgehead atoms. The van der Waals surface area contributed by atoms with Crippen molar-refractivity contribution in [1.29, 1.82) is 0 Å². The molecule has 0 radical (unpaired) electrons. The molecule has 1 saturated carbocycles. The Morgan fingerprint density at radius 2 is 1.96 bits per heavy atom. The largest absolute Gasteiger partial charge is 0.370 e. The Kier molecular flexibility index (Phi) is 3.55. The van der Waals surface area contributed by atoms with E-state index in [9.17, 15) is 9.59 Å². The van der Waals surface area contributed by atoms with Gasteiger partial charge >= 0.3 is 0 Å². The zero-order valence-electron chi connectivity index (χ0n) is 13.1. The summed E-state index contributed by atoms with van der Waals surface area (Å²) in [5, 5.41) is 2.87. The van der Waals surface area contributed by atoms with Gasteiger partial charge in [0.05, 0.1) is 18.4 Å². The minimum Gasteiger partial charge on any atom is -0.370 e. The molecule has 4 unspecified atom stereocenters. The van der Waals surface area contributed by atoms with Crippen molar-refractivity contribution in [3.8, 4) is 0 Å². The number of hydrogen-bond donors (Lipinski definition) is 2. The lowest BCUT2D eigenvalue weighted by Crippen LogP contribution is -2.35. The van der Waals surface area contributed by atoms with E-state index >= 15 is 0 Å². The number of fused-ring (bicyclic) bond motifs is 5. The average Bonchev–Trinajstić information content (AvgIpc) is 3.25. The lowest BCUT2D eigenvalue weighted by Gasteiger charge is -2.16. The first-order valence-corrected chi connectivity index (χ1v) is 8.16. The van der Waals surface area contributed by atoms with Gasteiger partial charge in [-0.05, 0) is 30.4 Å². The summed E-state index contributed by atoms with van der Waals surface area (Å²) in [7, 11) is 0. The number of amides is 2. The van der Waals surface area contributed by atoms with Crippen LogP contribution in [0.5, 0.6) is 0 Å². The fourth-order valence-corrected chi connectivity index (χ4v) is 4.06. The van der Waals surface area contributed by atoms with E-state index < -0.39 is 0 Å². The minimum absolute atomic E-state index is 0.0479. The van der Waals surface area contributed by atoms with Crippen molar-refractivity contribution in [1.82, 2.24) is 9.88 Å². The van der Waals surface area contributed by atoms with Crippen LogP contribution in [0.15, 0.2) is 41.5 Å². The van der Waals surface area contributed by atoms with Crippen LogP contribution in [0, 0.1) is 23.7 Å². The molecule has 2 amide bonds. The molecule has 1 saturated heterocycles. The van der Waals surface area contributed by atoms with E-state index in [-0.39, 0.29) is 54.5 Å². The third-order valence-electron chi connectivity index (χ3n) is 5.09. The molecule has 0 aromatic carbocycles. The summed E-state index contributed by atoms with van der Waals surface area (Å²) >= 11 is 0. The molecule has 2 aliphatic carbocycles. The SMILES string of the molecule is NC(=NCCN1C(=O)C2C3C=CC(C3)C2C1=O)Nc1ccccn1. The molecule has 2 fully saturated rings. The van der Waals surface area contributed by atoms with Crippen molar-refractivity contribution < 1.29 is 9.59 Å². The van der Waals surface area contributed by atoms with E-state index in [2.05, 4.69) is 27.4 Å². The maximum atomic E-state index is 12.5. The molecule has 2 heterocycles. The molecular formula is C17H19N5O2. The van der Waals surface area contributed by atoms with Gasteiger partial charge in [0.2, 0.25) is 11.8 Å². The highest BCUT2D eigenvalue weighted by Crippen LogP contribution is 2.52. The Bertz CT molecular complexity index is 700. The third kappa shape index (κ3) is 2.36. The molecule has 4 rings (SSSR count). The predicted octanol–water partition coefficient (Wildman–Crippen LogP) is 0.615. The molecule has 1 aliphatic heterocycles. The lowest BCUT2D eigenvalue weighted by molar-refractivity contribution is -0.140. The molecule has 124 valence electrons. The summed E-state index contributed by atoms with van der Waals surface area (Å²) in [6, 6.07) is 5.42. The van der Waals surface area contributed by atoms with E-state index in [4.69, 9.17) is 5.73 Å². The van der Waals surface area contributed by atoms with Crippen LogP contribution in [0.1, 0.15) is 6.42 Å². The zero-order chi connectivity index (χ0) is 16.7. The maximum Gasteiger partial charge on any atom is 0.233 e. The van der Waals surface area contributed by atoms with Crippen LogP contribution in [0.2, 0.25) is 0 Å². The van der Waals surface area contributed by atoms with E-state index in [1.807, 2.05) is 12.1 Å². The number of nitrogens with one attached hydrogen (secondary N) is 1. The first-order chi connectivity index (χ1) is 11.6. The number of pyridine rings is 1. The van der Waals surface area contributed by atoms with Gasteiger partial charge < -0.3 is 11.1 Å². The van der Waals surface area contributed by atoms with E-state index in [1.54, 1.807) is 12.3 Å². The maximum absolute atomic E-state index is 12.5. The van der Waals surface area contributed by atoms with Gasteiger partial charge in [0.1, 0.15) is 5.82 Å². The van der Waals surface area contributed by atoms with Crippen LogP contribution < -0.4 is 11.1 Å². The number of nitrogens with two attached hydrogens (primary N) is 1. The lowest BCUT2D eigenvalue weighted by atomic mass is 9.85. The molecule has 7 heteroatoms. The van der Waals surface area contributed by atoms with Gasteiger partial charge in [-0.15, -0.1) is 0 Å². The Hall–Kier alpha value is -2.70. The van der Waals surface area contributed by atoms with Crippen molar-refractivity contribution in [2.24, 2.45) is 34.4 Å². The minimum atomic E-state index is -0.152. The summed E-state index contributed by atoms with van der Waals surface area (Å²) in [5.74, 6) is 0.892. The number of nitrogens with zero attached hydrogens (tertiary/aromatic N) is 3. The number of carbonyl (C=O) groups excluding carboxylic acids is 2. The van der Waals surface area contributed by atoms with Gasteiger partial charge in [0.25, 0.3) is 0 Å². The normalized spacial score (nSPS) is 31.0. The Balaban J connectivity index is 1.36. The number of allylic oxidation sites excluding steroid dienone is 2. The van der Waals surface area contributed by atoms with Gasteiger partial charge in [-0.2, -0.15) is 0 Å². The molecule has 24 heavy (non-hydrogen) atoms. The second-order valence-electron chi connectivity index (χ2n) is 6.43. The van der Waals surface area contributed by atoms with E-state index in [1.165, 1.54) is 4.90 Å². The first-order valence-electron chi connectivity index (χ1n) is 8.16. The summed E-state index contributed by atoms with van der Waals surface area (Å²) in [5.41, 5.74) is 5.81. The van der Waals surface area contributed by atoms with Crippen molar-refractivity contribution in [3.05, 3.63) is 36.5 Å². The Morgan fingerprint density at radius 3 is 2.58 bits per heavy atom.